The molecule has 0 fully saturated rings. The van der Waals surface area contributed by atoms with E-state index in [1.165, 1.54) is 0 Å². The molecule has 1 heterocycles. The Morgan fingerprint density at radius 3 is 2.62 bits per heavy atom. The van der Waals surface area contributed by atoms with Crippen LogP contribution in [0.1, 0.15) is 16.7 Å². The summed E-state index contributed by atoms with van der Waals surface area (Å²) in [6.07, 6.45) is 5.57. The fourth-order valence-electron chi connectivity index (χ4n) is 2.05. The molecule has 1 aromatic heterocycles. The monoisotopic (exact) mass is 272 g/mol. The first-order valence-electron chi connectivity index (χ1n) is 6.50. The number of H-pyrrole nitrogens is 1. The molecule has 0 bridgehead atoms. The standard InChI is InChI=1S/C17H12N4/c18-11-16-10-15(17-12-19-21-20-17)9-8-14(16)7-6-13-4-2-1-3-5-13/h1-10,12H,(H,19,20,21). The molecule has 0 saturated heterocycles. The minimum atomic E-state index is 0.614. The van der Waals surface area contributed by atoms with Crippen LogP contribution in [0.25, 0.3) is 23.4 Å². The van der Waals surface area contributed by atoms with Gasteiger partial charge in [-0.3, -0.25) is 0 Å². The highest BCUT2D eigenvalue weighted by molar-refractivity contribution is 5.75. The Kier molecular flexibility index (Phi) is 3.57. The van der Waals surface area contributed by atoms with Crippen LogP contribution < -0.4 is 0 Å². The molecule has 0 aliphatic carbocycles. The largest absolute Gasteiger partial charge is 0.197 e. The van der Waals surface area contributed by atoms with Crippen molar-refractivity contribution < 1.29 is 0 Å². The average molecular weight is 272 g/mol. The molecule has 0 atom stereocenters. The van der Waals surface area contributed by atoms with E-state index < -0.39 is 0 Å². The van der Waals surface area contributed by atoms with Crippen LogP contribution in [0.4, 0.5) is 0 Å². The summed E-state index contributed by atoms with van der Waals surface area (Å²) in [5.41, 5.74) is 4.19. The number of hydrogen-bond acceptors (Lipinski definition) is 3. The van der Waals surface area contributed by atoms with E-state index in [2.05, 4.69) is 21.5 Å². The van der Waals surface area contributed by atoms with Crippen LogP contribution in [0.2, 0.25) is 0 Å². The van der Waals surface area contributed by atoms with Gasteiger partial charge in [0.25, 0.3) is 0 Å². The number of benzene rings is 2. The van der Waals surface area contributed by atoms with Gasteiger partial charge in [-0.05, 0) is 17.2 Å². The number of rotatable bonds is 3. The van der Waals surface area contributed by atoms with Gasteiger partial charge in [-0.25, -0.2) is 0 Å². The second-order valence-electron chi connectivity index (χ2n) is 4.51. The van der Waals surface area contributed by atoms with Crippen LogP contribution >= 0.6 is 0 Å². The van der Waals surface area contributed by atoms with Gasteiger partial charge in [0.05, 0.1) is 17.8 Å². The van der Waals surface area contributed by atoms with E-state index in [1.807, 2.05) is 60.7 Å². The molecule has 3 aromatic rings. The van der Waals surface area contributed by atoms with Gasteiger partial charge in [0.15, 0.2) is 0 Å². The first-order chi connectivity index (χ1) is 10.4. The molecular weight excluding hydrogens is 260 g/mol. The normalized spacial score (nSPS) is 10.6. The smallest absolute Gasteiger partial charge is 0.112 e. The van der Waals surface area contributed by atoms with Crippen LogP contribution in [-0.2, 0) is 0 Å². The lowest BCUT2D eigenvalue weighted by Gasteiger charge is -2.01. The van der Waals surface area contributed by atoms with Crippen molar-refractivity contribution in [3.05, 3.63) is 71.4 Å². The summed E-state index contributed by atoms with van der Waals surface area (Å²) in [6, 6.07) is 17.9. The Balaban J connectivity index is 1.93. The summed E-state index contributed by atoms with van der Waals surface area (Å²) in [4.78, 5) is 0. The molecule has 0 amide bonds. The third kappa shape index (κ3) is 2.88. The molecule has 2 aromatic carbocycles. The zero-order valence-electron chi connectivity index (χ0n) is 11.2. The summed E-state index contributed by atoms with van der Waals surface area (Å²) >= 11 is 0. The molecule has 0 radical (unpaired) electrons. The lowest BCUT2D eigenvalue weighted by atomic mass is 10.0. The third-order valence-electron chi connectivity index (χ3n) is 3.14. The van der Waals surface area contributed by atoms with Crippen LogP contribution in [0.3, 0.4) is 0 Å². The molecule has 0 saturated carbocycles. The second-order valence-corrected chi connectivity index (χ2v) is 4.51. The van der Waals surface area contributed by atoms with Gasteiger partial charge in [-0.2, -0.15) is 20.7 Å². The van der Waals surface area contributed by atoms with E-state index in [1.54, 1.807) is 6.20 Å². The first-order valence-corrected chi connectivity index (χ1v) is 6.50. The Hall–Kier alpha value is -3.19. The molecule has 100 valence electrons. The zero-order valence-corrected chi connectivity index (χ0v) is 11.2. The lowest BCUT2D eigenvalue weighted by Crippen LogP contribution is -1.85. The fraction of sp³-hybridized carbons (Fsp3) is 0. The van der Waals surface area contributed by atoms with E-state index in [9.17, 15) is 5.26 Å². The van der Waals surface area contributed by atoms with Gasteiger partial charge in [0.2, 0.25) is 0 Å². The van der Waals surface area contributed by atoms with E-state index in [4.69, 9.17) is 0 Å². The summed E-state index contributed by atoms with van der Waals surface area (Å²) in [5, 5.41) is 19.7. The molecule has 0 aliphatic rings. The number of nitrogens with zero attached hydrogens (tertiary/aromatic N) is 3. The fourth-order valence-corrected chi connectivity index (χ4v) is 2.05. The Bertz CT molecular complexity index is 797. The van der Waals surface area contributed by atoms with Crippen molar-refractivity contribution in [3.8, 4) is 17.3 Å². The van der Waals surface area contributed by atoms with Gasteiger partial charge in [0, 0.05) is 5.56 Å². The van der Waals surface area contributed by atoms with Gasteiger partial charge in [-0.15, -0.1) is 0 Å². The minimum absolute atomic E-state index is 0.614. The third-order valence-corrected chi connectivity index (χ3v) is 3.14. The minimum Gasteiger partial charge on any atom is -0.197 e. The van der Waals surface area contributed by atoms with E-state index in [0.717, 1.165) is 22.4 Å². The average Bonchev–Trinajstić information content (AvgIpc) is 3.08. The van der Waals surface area contributed by atoms with E-state index in [-0.39, 0.29) is 0 Å². The SMILES string of the molecule is N#Cc1cc(-c2cn[nH]n2)ccc1C=Cc1ccccc1. The van der Waals surface area contributed by atoms with Crippen LogP contribution in [0.15, 0.2) is 54.7 Å². The Morgan fingerprint density at radius 2 is 1.90 bits per heavy atom. The van der Waals surface area contributed by atoms with Crippen molar-refractivity contribution >= 4 is 12.2 Å². The summed E-state index contributed by atoms with van der Waals surface area (Å²) < 4.78 is 0. The molecule has 21 heavy (non-hydrogen) atoms. The summed E-state index contributed by atoms with van der Waals surface area (Å²) in [5.74, 6) is 0. The number of aromatic nitrogens is 3. The van der Waals surface area contributed by atoms with Gasteiger partial charge < -0.3 is 0 Å². The number of aromatic amines is 1. The molecule has 4 heteroatoms. The number of hydrogen-bond donors (Lipinski definition) is 1. The van der Waals surface area contributed by atoms with Crippen molar-refractivity contribution in [1.29, 1.82) is 5.26 Å². The highest BCUT2D eigenvalue weighted by atomic mass is 15.3. The van der Waals surface area contributed by atoms with Crippen LogP contribution in [0.5, 0.6) is 0 Å². The molecule has 4 nitrogen and oxygen atoms in total. The topological polar surface area (TPSA) is 65.4 Å². The number of nitrogens with one attached hydrogen (secondary N) is 1. The summed E-state index contributed by atoms with van der Waals surface area (Å²) in [6.45, 7) is 0. The molecular formula is C17H12N4. The predicted octanol–water partition coefficient (Wildman–Crippen LogP) is 3.51. The maximum atomic E-state index is 9.31. The van der Waals surface area contributed by atoms with E-state index in [0.29, 0.717) is 5.56 Å². The van der Waals surface area contributed by atoms with Crippen LogP contribution in [0, 0.1) is 11.3 Å². The molecule has 0 aliphatic heterocycles. The lowest BCUT2D eigenvalue weighted by molar-refractivity contribution is 0.942. The van der Waals surface area contributed by atoms with Crippen molar-refractivity contribution in [2.45, 2.75) is 0 Å². The Labute approximate surface area is 122 Å². The number of nitriles is 1. The van der Waals surface area contributed by atoms with E-state index >= 15 is 0 Å². The molecule has 1 N–H and O–H groups in total. The van der Waals surface area contributed by atoms with Crippen molar-refractivity contribution in [1.82, 2.24) is 15.4 Å². The van der Waals surface area contributed by atoms with Gasteiger partial charge in [0.1, 0.15) is 5.69 Å². The quantitative estimate of drug-likeness (QED) is 0.742. The summed E-state index contributed by atoms with van der Waals surface area (Å²) in [7, 11) is 0. The zero-order chi connectivity index (χ0) is 14.5. The van der Waals surface area contributed by atoms with Gasteiger partial charge in [-0.1, -0.05) is 54.6 Å². The van der Waals surface area contributed by atoms with Crippen molar-refractivity contribution in [2.75, 3.05) is 0 Å². The van der Waals surface area contributed by atoms with Gasteiger partial charge >= 0.3 is 0 Å². The highest BCUT2D eigenvalue weighted by Gasteiger charge is 2.05. The molecule has 3 rings (SSSR count). The highest BCUT2D eigenvalue weighted by Crippen LogP contribution is 2.21. The maximum absolute atomic E-state index is 9.31. The van der Waals surface area contributed by atoms with Crippen molar-refractivity contribution in [2.24, 2.45) is 0 Å². The first kappa shape index (κ1) is 12.8. The molecule has 0 unspecified atom stereocenters. The second kappa shape index (κ2) is 5.85. The van der Waals surface area contributed by atoms with Crippen molar-refractivity contribution in [3.63, 3.8) is 0 Å². The maximum Gasteiger partial charge on any atom is 0.112 e. The Morgan fingerprint density at radius 1 is 1.05 bits per heavy atom. The van der Waals surface area contributed by atoms with Crippen LogP contribution in [-0.4, -0.2) is 15.4 Å². The predicted molar refractivity (Wildman–Crippen MR) is 81.9 cm³/mol. The molecule has 0 spiro atoms.